The van der Waals surface area contributed by atoms with Crippen molar-refractivity contribution in [2.24, 2.45) is 11.0 Å². The van der Waals surface area contributed by atoms with Gasteiger partial charge in [0.15, 0.2) is 6.61 Å². The Morgan fingerprint density at radius 3 is 2.59 bits per heavy atom. The molecule has 39 heavy (non-hydrogen) atoms. The fourth-order valence-corrected chi connectivity index (χ4v) is 4.88. The molecule has 0 spiro atoms. The quantitative estimate of drug-likeness (QED) is 0.356. The van der Waals surface area contributed by atoms with Crippen molar-refractivity contribution >= 4 is 28.4 Å². The first-order chi connectivity index (χ1) is 19.0. The minimum atomic E-state index is -0.447. The number of benzene rings is 3. The summed E-state index contributed by atoms with van der Waals surface area (Å²) in [4.78, 5) is 29.4. The summed E-state index contributed by atoms with van der Waals surface area (Å²) in [6.45, 7) is 1.85. The molecule has 0 saturated carbocycles. The van der Waals surface area contributed by atoms with Crippen molar-refractivity contribution < 1.29 is 14.3 Å². The van der Waals surface area contributed by atoms with Gasteiger partial charge in [-0.05, 0) is 60.5 Å². The van der Waals surface area contributed by atoms with E-state index < -0.39 is 5.91 Å². The number of aromatic nitrogens is 1. The minimum absolute atomic E-state index is 0.127. The van der Waals surface area contributed by atoms with Gasteiger partial charge >= 0.3 is 0 Å². The van der Waals surface area contributed by atoms with Crippen molar-refractivity contribution in [1.29, 1.82) is 0 Å². The van der Waals surface area contributed by atoms with Crippen LogP contribution in [0.25, 0.3) is 33.3 Å². The zero-order valence-corrected chi connectivity index (χ0v) is 21.3. The predicted octanol–water partition coefficient (Wildman–Crippen LogP) is 4.97. The topological polar surface area (TPSA) is 92.7 Å². The Morgan fingerprint density at radius 1 is 0.974 bits per heavy atom. The number of hydrazone groups is 1. The summed E-state index contributed by atoms with van der Waals surface area (Å²) in [7, 11) is 0. The molecule has 1 aliphatic carbocycles. The van der Waals surface area contributed by atoms with Crippen LogP contribution in [0.1, 0.15) is 5.56 Å². The van der Waals surface area contributed by atoms with Crippen molar-refractivity contribution in [2.45, 2.75) is 13.0 Å². The molecule has 6 rings (SSSR count). The molecule has 7 heteroatoms. The first kappa shape index (κ1) is 24.3. The predicted molar refractivity (Wildman–Crippen MR) is 152 cm³/mol. The van der Waals surface area contributed by atoms with Crippen LogP contribution in [-0.4, -0.2) is 35.2 Å². The smallest absolute Gasteiger partial charge is 0.277 e. The van der Waals surface area contributed by atoms with Gasteiger partial charge in [-0.25, -0.2) is 10.4 Å². The van der Waals surface area contributed by atoms with E-state index in [1.807, 2.05) is 66.8 Å². The number of hydrogen-bond acceptors (Lipinski definition) is 5. The standard InChI is InChI=1S/C32H26N4O3/c1-20-11-16-28-26(17-20)25(21-7-3-2-4-8-21)18-29(33-28)22-12-14-23(15-13-22)39-19-30(37)35-36-31-24-9-5-6-10-27(24)34-32(31)38/h2-18,24,27H,19H2,1H3,(H,34,38)(H,35,37)/b36-31+/t24-,27+/m0/s1. The summed E-state index contributed by atoms with van der Waals surface area (Å²) in [5, 5.41) is 8.00. The summed E-state index contributed by atoms with van der Waals surface area (Å²) in [6, 6.07) is 26.0. The van der Waals surface area contributed by atoms with Crippen molar-refractivity contribution in [2.75, 3.05) is 6.61 Å². The maximum atomic E-state index is 12.3. The van der Waals surface area contributed by atoms with Crippen LogP contribution in [0.3, 0.4) is 0 Å². The van der Waals surface area contributed by atoms with E-state index in [4.69, 9.17) is 9.72 Å². The highest BCUT2D eigenvalue weighted by Gasteiger charge is 2.37. The molecule has 2 atom stereocenters. The van der Waals surface area contributed by atoms with E-state index in [1.54, 1.807) is 0 Å². The van der Waals surface area contributed by atoms with Crippen molar-refractivity contribution in [1.82, 2.24) is 15.7 Å². The Bertz CT molecular complexity index is 1660. The first-order valence-corrected chi connectivity index (χ1v) is 12.8. The van der Waals surface area contributed by atoms with Crippen LogP contribution in [0.4, 0.5) is 0 Å². The average molecular weight is 515 g/mol. The van der Waals surface area contributed by atoms with Gasteiger partial charge in [0.1, 0.15) is 11.5 Å². The third-order valence-corrected chi connectivity index (χ3v) is 6.85. The molecule has 1 aliphatic heterocycles. The minimum Gasteiger partial charge on any atom is -0.484 e. The number of rotatable bonds is 6. The maximum Gasteiger partial charge on any atom is 0.277 e. The molecule has 3 aromatic carbocycles. The number of allylic oxidation sites excluding steroid dienone is 2. The lowest BCUT2D eigenvalue weighted by Crippen LogP contribution is -2.29. The van der Waals surface area contributed by atoms with Crippen molar-refractivity contribution in [3.8, 4) is 28.1 Å². The monoisotopic (exact) mass is 514 g/mol. The van der Waals surface area contributed by atoms with Gasteiger partial charge in [0.25, 0.3) is 11.8 Å². The van der Waals surface area contributed by atoms with E-state index in [-0.39, 0.29) is 30.2 Å². The van der Waals surface area contributed by atoms with Crippen LogP contribution in [0, 0.1) is 12.8 Å². The zero-order chi connectivity index (χ0) is 26.8. The van der Waals surface area contributed by atoms with Crippen molar-refractivity contribution in [3.05, 3.63) is 109 Å². The summed E-state index contributed by atoms with van der Waals surface area (Å²) in [6.07, 6.45) is 7.53. The molecule has 2 aliphatic rings. The van der Waals surface area contributed by atoms with Gasteiger partial charge in [-0.15, -0.1) is 0 Å². The lowest BCUT2D eigenvalue weighted by Gasteiger charge is -2.13. The third-order valence-electron chi connectivity index (χ3n) is 6.85. The number of carbonyl (C=O) groups excluding carboxylic acids is 2. The van der Waals surface area contributed by atoms with Crippen LogP contribution >= 0.6 is 0 Å². The Hall–Kier alpha value is -5.04. The van der Waals surface area contributed by atoms with Gasteiger partial charge in [0.2, 0.25) is 0 Å². The summed E-state index contributed by atoms with van der Waals surface area (Å²) >= 11 is 0. The first-order valence-electron chi connectivity index (χ1n) is 12.8. The normalized spacial score (nSPS) is 18.7. The molecule has 0 unspecified atom stereocenters. The molecule has 2 amide bonds. The molecule has 4 aromatic rings. The molecule has 1 aromatic heterocycles. The van der Waals surface area contributed by atoms with Crippen LogP contribution in [0.15, 0.2) is 108 Å². The molecule has 2 N–H and O–H groups in total. The summed E-state index contributed by atoms with van der Waals surface area (Å²) in [5.74, 6) is -0.380. The number of hydrogen-bond donors (Lipinski definition) is 2. The van der Waals surface area contributed by atoms with E-state index in [9.17, 15) is 9.59 Å². The van der Waals surface area contributed by atoms with Gasteiger partial charge in [-0.1, -0.05) is 66.3 Å². The summed E-state index contributed by atoms with van der Waals surface area (Å²) in [5.41, 5.74) is 8.88. The Balaban J connectivity index is 1.16. The fraction of sp³-hybridized carbons (Fsp3) is 0.125. The summed E-state index contributed by atoms with van der Waals surface area (Å²) < 4.78 is 5.66. The van der Waals surface area contributed by atoms with Crippen LogP contribution in [0.2, 0.25) is 0 Å². The second kappa shape index (κ2) is 10.4. The van der Waals surface area contributed by atoms with E-state index in [0.29, 0.717) is 5.75 Å². The molecule has 1 fully saturated rings. The lowest BCUT2D eigenvalue weighted by atomic mass is 9.95. The van der Waals surface area contributed by atoms with Crippen LogP contribution in [0.5, 0.6) is 5.75 Å². The molecule has 0 bridgehead atoms. The van der Waals surface area contributed by atoms with E-state index in [2.05, 4.69) is 59.2 Å². The lowest BCUT2D eigenvalue weighted by molar-refractivity contribution is -0.123. The van der Waals surface area contributed by atoms with Gasteiger partial charge in [-0.2, -0.15) is 5.10 Å². The number of carbonyl (C=O) groups is 2. The largest absolute Gasteiger partial charge is 0.484 e. The maximum absolute atomic E-state index is 12.3. The van der Waals surface area contributed by atoms with Gasteiger partial charge in [0.05, 0.1) is 23.2 Å². The van der Waals surface area contributed by atoms with E-state index in [0.717, 1.165) is 33.3 Å². The van der Waals surface area contributed by atoms with Crippen molar-refractivity contribution in [3.63, 3.8) is 0 Å². The molecule has 192 valence electrons. The van der Waals surface area contributed by atoms with Crippen LogP contribution in [-0.2, 0) is 9.59 Å². The number of nitrogens with zero attached hydrogens (tertiary/aromatic N) is 2. The number of aryl methyl sites for hydroxylation is 1. The van der Waals surface area contributed by atoms with Crippen LogP contribution < -0.4 is 15.5 Å². The highest BCUT2D eigenvalue weighted by Crippen LogP contribution is 2.33. The van der Waals surface area contributed by atoms with E-state index >= 15 is 0 Å². The van der Waals surface area contributed by atoms with Gasteiger partial charge in [-0.3, -0.25) is 9.59 Å². The molecule has 7 nitrogen and oxygen atoms in total. The number of pyridine rings is 1. The number of amides is 2. The SMILES string of the molecule is Cc1ccc2nc(-c3ccc(OCC(=O)N/N=C4/C(=O)N[C@@H]5C=CC=C[C@H]45)cc3)cc(-c3ccccc3)c2c1. The molecule has 1 saturated heterocycles. The molecule has 2 heterocycles. The number of fused-ring (bicyclic) bond motifs is 2. The zero-order valence-electron chi connectivity index (χ0n) is 21.3. The van der Waals surface area contributed by atoms with Gasteiger partial charge in [0, 0.05) is 10.9 Å². The highest BCUT2D eigenvalue weighted by atomic mass is 16.5. The Morgan fingerprint density at radius 2 is 1.77 bits per heavy atom. The second-order valence-corrected chi connectivity index (χ2v) is 9.58. The number of nitrogens with one attached hydrogen (secondary N) is 2. The number of ether oxygens (including phenoxy) is 1. The second-order valence-electron chi connectivity index (χ2n) is 9.58. The average Bonchev–Trinajstić information content (AvgIpc) is 3.29. The molecule has 0 radical (unpaired) electrons. The third kappa shape index (κ3) is 5.07. The molecular weight excluding hydrogens is 488 g/mol. The highest BCUT2D eigenvalue weighted by molar-refractivity contribution is 6.42. The van der Waals surface area contributed by atoms with Gasteiger partial charge < -0.3 is 10.1 Å². The van der Waals surface area contributed by atoms with E-state index in [1.165, 1.54) is 5.56 Å². The molecular formula is C32H26N4O3. The fourth-order valence-electron chi connectivity index (χ4n) is 4.88. The Kier molecular flexibility index (Phi) is 6.47. The Labute approximate surface area is 225 Å².